The zero-order valence-corrected chi connectivity index (χ0v) is 12.8. The van der Waals surface area contributed by atoms with Crippen LogP contribution in [0.3, 0.4) is 0 Å². The maximum absolute atomic E-state index is 12.3. The summed E-state index contributed by atoms with van der Waals surface area (Å²) in [4.78, 5) is 16.4. The lowest BCUT2D eigenvalue weighted by Crippen LogP contribution is -2.33. The number of amides is 1. The molecule has 1 aliphatic rings. The minimum absolute atomic E-state index is 0.0166. The quantitative estimate of drug-likeness (QED) is 0.914. The molecular formula is C18H21N3O. The maximum Gasteiger partial charge on any atom is 0.251 e. The summed E-state index contributed by atoms with van der Waals surface area (Å²) in [5.41, 5.74) is 9.94. The Balaban J connectivity index is 1.71. The summed E-state index contributed by atoms with van der Waals surface area (Å²) in [5, 5.41) is 3.07. The van der Waals surface area contributed by atoms with Gasteiger partial charge in [0, 0.05) is 30.0 Å². The van der Waals surface area contributed by atoms with Gasteiger partial charge in [0.15, 0.2) is 0 Å². The number of benzene rings is 1. The van der Waals surface area contributed by atoms with E-state index in [1.54, 1.807) is 6.20 Å². The first-order chi connectivity index (χ1) is 10.6. The minimum atomic E-state index is -0.0166. The van der Waals surface area contributed by atoms with Gasteiger partial charge in [0.2, 0.25) is 0 Å². The van der Waals surface area contributed by atoms with E-state index in [0.717, 1.165) is 36.0 Å². The average Bonchev–Trinajstić information content (AvgIpc) is 2.93. The van der Waals surface area contributed by atoms with E-state index in [2.05, 4.69) is 10.3 Å². The molecule has 2 unspecified atom stereocenters. The van der Waals surface area contributed by atoms with Crippen LogP contribution in [0.2, 0.25) is 0 Å². The average molecular weight is 295 g/mol. The van der Waals surface area contributed by atoms with E-state index >= 15 is 0 Å². The van der Waals surface area contributed by atoms with E-state index in [-0.39, 0.29) is 18.0 Å². The van der Waals surface area contributed by atoms with Crippen molar-refractivity contribution >= 4 is 5.91 Å². The maximum atomic E-state index is 12.3. The van der Waals surface area contributed by atoms with Gasteiger partial charge in [-0.1, -0.05) is 12.1 Å². The molecule has 0 bridgehead atoms. The van der Waals surface area contributed by atoms with Crippen LogP contribution in [-0.4, -0.2) is 23.0 Å². The van der Waals surface area contributed by atoms with Crippen molar-refractivity contribution in [2.75, 3.05) is 0 Å². The van der Waals surface area contributed by atoms with Crippen molar-refractivity contribution in [2.45, 2.75) is 38.3 Å². The van der Waals surface area contributed by atoms with Gasteiger partial charge < -0.3 is 11.1 Å². The topological polar surface area (TPSA) is 68.0 Å². The molecule has 2 aromatic rings. The van der Waals surface area contributed by atoms with Gasteiger partial charge in [-0.3, -0.25) is 9.78 Å². The Labute approximate surface area is 130 Å². The number of nitrogens with zero attached hydrogens (tertiary/aromatic N) is 1. The Hall–Kier alpha value is -2.20. The number of carbonyl (C=O) groups is 1. The number of carbonyl (C=O) groups excluding carboxylic acids is 1. The predicted molar refractivity (Wildman–Crippen MR) is 87.5 cm³/mol. The Kier molecular flexibility index (Phi) is 4.20. The van der Waals surface area contributed by atoms with Crippen molar-refractivity contribution in [3.8, 4) is 11.1 Å². The molecule has 1 aromatic carbocycles. The van der Waals surface area contributed by atoms with Crippen LogP contribution in [0, 0.1) is 6.92 Å². The summed E-state index contributed by atoms with van der Waals surface area (Å²) in [6, 6.07) is 10.1. The fourth-order valence-electron chi connectivity index (χ4n) is 3.01. The van der Waals surface area contributed by atoms with Crippen LogP contribution >= 0.6 is 0 Å². The van der Waals surface area contributed by atoms with Crippen LogP contribution in [0.25, 0.3) is 11.1 Å². The predicted octanol–water partition coefficient (Wildman–Crippen LogP) is 2.67. The summed E-state index contributed by atoms with van der Waals surface area (Å²) in [7, 11) is 0. The van der Waals surface area contributed by atoms with Gasteiger partial charge in [-0.05, 0) is 61.1 Å². The van der Waals surface area contributed by atoms with Crippen LogP contribution in [0.5, 0.6) is 0 Å². The standard InChI is InChI=1S/C18H21N3O/c1-12-11-20-9-8-17(12)13-2-4-14(5-3-13)18(22)21-16-7-6-15(19)10-16/h2-5,8-9,11,15-16H,6-7,10,19H2,1H3,(H,21,22). The molecule has 1 saturated carbocycles. The Morgan fingerprint density at radius 1 is 1.23 bits per heavy atom. The molecule has 0 aliphatic heterocycles. The molecule has 1 fully saturated rings. The molecule has 22 heavy (non-hydrogen) atoms. The molecule has 1 aromatic heterocycles. The van der Waals surface area contributed by atoms with E-state index in [4.69, 9.17) is 5.73 Å². The normalized spacial score (nSPS) is 20.8. The van der Waals surface area contributed by atoms with Gasteiger partial charge in [0.1, 0.15) is 0 Å². The summed E-state index contributed by atoms with van der Waals surface area (Å²) in [5.74, 6) is -0.0166. The second-order valence-electron chi connectivity index (χ2n) is 6.01. The van der Waals surface area contributed by atoms with Crippen molar-refractivity contribution in [3.63, 3.8) is 0 Å². The van der Waals surface area contributed by atoms with E-state index in [9.17, 15) is 4.79 Å². The zero-order chi connectivity index (χ0) is 15.5. The summed E-state index contributed by atoms with van der Waals surface area (Å²) in [6.45, 7) is 2.03. The molecule has 1 heterocycles. The summed E-state index contributed by atoms with van der Waals surface area (Å²) in [6.07, 6.45) is 6.47. The number of nitrogens with one attached hydrogen (secondary N) is 1. The van der Waals surface area contributed by atoms with Gasteiger partial charge >= 0.3 is 0 Å². The lowest BCUT2D eigenvalue weighted by molar-refractivity contribution is 0.0937. The van der Waals surface area contributed by atoms with Crippen molar-refractivity contribution in [1.29, 1.82) is 0 Å². The SMILES string of the molecule is Cc1cnccc1-c1ccc(C(=O)NC2CCC(N)C2)cc1. The third kappa shape index (κ3) is 3.17. The molecular weight excluding hydrogens is 274 g/mol. The first-order valence-corrected chi connectivity index (χ1v) is 7.71. The lowest BCUT2D eigenvalue weighted by Gasteiger charge is -2.13. The molecule has 1 amide bonds. The van der Waals surface area contributed by atoms with Gasteiger partial charge in [0.05, 0.1) is 0 Å². The number of hydrogen-bond acceptors (Lipinski definition) is 3. The van der Waals surface area contributed by atoms with E-state index < -0.39 is 0 Å². The zero-order valence-electron chi connectivity index (χ0n) is 12.8. The number of pyridine rings is 1. The summed E-state index contributed by atoms with van der Waals surface area (Å²) < 4.78 is 0. The highest BCUT2D eigenvalue weighted by Gasteiger charge is 2.23. The van der Waals surface area contributed by atoms with Crippen molar-refractivity contribution in [3.05, 3.63) is 53.9 Å². The van der Waals surface area contributed by atoms with Crippen LogP contribution in [0.1, 0.15) is 35.2 Å². The molecule has 0 saturated heterocycles. The lowest BCUT2D eigenvalue weighted by atomic mass is 10.0. The van der Waals surface area contributed by atoms with Crippen molar-refractivity contribution in [2.24, 2.45) is 5.73 Å². The van der Waals surface area contributed by atoms with E-state index in [1.807, 2.05) is 43.5 Å². The third-order valence-corrected chi connectivity index (χ3v) is 4.29. The number of aryl methyl sites for hydroxylation is 1. The van der Waals surface area contributed by atoms with Gasteiger partial charge in [-0.2, -0.15) is 0 Å². The monoisotopic (exact) mass is 295 g/mol. The molecule has 1 aliphatic carbocycles. The second-order valence-corrected chi connectivity index (χ2v) is 6.01. The minimum Gasteiger partial charge on any atom is -0.349 e. The van der Waals surface area contributed by atoms with Gasteiger partial charge in [0.25, 0.3) is 5.91 Å². The molecule has 0 radical (unpaired) electrons. The second kappa shape index (κ2) is 6.28. The highest BCUT2D eigenvalue weighted by Crippen LogP contribution is 2.23. The smallest absolute Gasteiger partial charge is 0.251 e. The Morgan fingerprint density at radius 2 is 2.00 bits per heavy atom. The molecule has 3 N–H and O–H groups in total. The fraction of sp³-hybridized carbons (Fsp3) is 0.333. The fourth-order valence-corrected chi connectivity index (χ4v) is 3.01. The molecule has 4 nitrogen and oxygen atoms in total. The first-order valence-electron chi connectivity index (χ1n) is 7.71. The number of nitrogens with two attached hydrogens (primary N) is 1. The molecule has 4 heteroatoms. The Bertz CT molecular complexity index is 666. The first kappa shape index (κ1) is 14.7. The van der Waals surface area contributed by atoms with E-state index in [1.165, 1.54) is 0 Å². The summed E-state index contributed by atoms with van der Waals surface area (Å²) >= 11 is 0. The van der Waals surface area contributed by atoms with Crippen LogP contribution in [0.4, 0.5) is 0 Å². The van der Waals surface area contributed by atoms with Gasteiger partial charge in [-0.15, -0.1) is 0 Å². The van der Waals surface area contributed by atoms with Gasteiger partial charge in [-0.25, -0.2) is 0 Å². The highest BCUT2D eigenvalue weighted by molar-refractivity contribution is 5.95. The number of hydrogen-bond donors (Lipinski definition) is 2. The third-order valence-electron chi connectivity index (χ3n) is 4.29. The molecule has 114 valence electrons. The molecule has 0 spiro atoms. The van der Waals surface area contributed by atoms with E-state index in [0.29, 0.717) is 5.56 Å². The van der Waals surface area contributed by atoms with Crippen molar-refractivity contribution < 1.29 is 4.79 Å². The number of aromatic nitrogens is 1. The molecule has 2 atom stereocenters. The van der Waals surface area contributed by atoms with Crippen LogP contribution < -0.4 is 11.1 Å². The number of rotatable bonds is 3. The largest absolute Gasteiger partial charge is 0.349 e. The Morgan fingerprint density at radius 3 is 2.64 bits per heavy atom. The van der Waals surface area contributed by atoms with Crippen LogP contribution in [-0.2, 0) is 0 Å². The van der Waals surface area contributed by atoms with Crippen molar-refractivity contribution in [1.82, 2.24) is 10.3 Å². The highest BCUT2D eigenvalue weighted by atomic mass is 16.1. The van der Waals surface area contributed by atoms with Crippen LogP contribution in [0.15, 0.2) is 42.7 Å². The molecule has 3 rings (SSSR count).